The van der Waals surface area contributed by atoms with E-state index in [0.717, 1.165) is 13.1 Å². The predicted octanol–water partition coefficient (Wildman–Crippen LogP) is -0.924. The Balaban J connectivity index is 2.16. The molecule has 0 atom stereocenters. The molecule has 0 aliphatic carbocycles. The van der Waals surface area contributed by atoms with E-state index in [-0.39, 0.29) is 18.9 Å². The summed E-state index contributed by atoms with van der Waals surface area (Å²) in [6.07, 6.45) is -0.843. The average molecular weight is 201 g/mol. The van der Waals surface area contributed by atoms with Gasteiger partial charge in [0.15, 0.2) is 0 Å². The number of nitrogens with one attached hydrogen (secondary N) is 2. The molecule has 0 aromatic rings. The fourth-order valence-corrected chi connectivity index (χ4v) is 1.35. The topological polar surface area (TPSA) is 81.7 Å². The van der Waals surface area contributed by atoms with Gasteiger partial charge in [0.05, 0.1) is 0 Å². The summed E-state index contributed by atoms with van der Waals surface area (Å²) in [7, 11) is 0. The van der Waals surface area contributed by atoms with Crippen LogP contribution in [-0.2, 0) is 4.79 Å². The molecule has 14 heavy (non-hydrogen) atoms. The van der Waals surface area contributed by atoms with Gasteiger partial charge in [-0.05, 0) is 0 Å². The Morgan fingerprint density at radius 3 is 2.57 bits per heavy atom. The number of hydrogen-bond donors (Lipinski definition) is 3. The molecule has 0 aromatic carbocycles. The molecule has 0 saturated carbocycles. The van der Waals surface area contributed by atoms with Crippen molar-refractivity contribution in [3.8, 4) is 0 Å². The Kier molecular flexibility index (Phi) is 4.18. The maximum atomic E-state index is 11.4. The highest BCUT2D eigenvalue weighted by Crippen LogP contribution is 1.95. The zero-order valence-electron chi connectivity index (χ0n) is 7.95. The van der Waals surface area contributed by atoms with Gasteiger partial charge in [0, 0.05) is 39.1 Å². The molecule has 6 heteroatoms. The zero-order valence-corrected chi connectivity index (χ0v) is 7.95. The lowest BCUT2D eigenvalue weighted by Gasteiger charge is -2.27. The number of amides is 2. The SMILES string of the molecule is O=C(O)NCCC(=O)N1CCNCC1. The average Bonchev–Trinajstić information content (AvgIpc) is 2.18. The van der Waals surface area contributed by atoms with Crippen molar-refractivity contribution in [3.05, 3.63) is 0 Å². The van der Waals surface area contributed by atoms with E-state index in [1.165, 1.54) is 0 Å². The van der Waals surface area contributed by atoms with Crippen molar-refractivity contribution in [2.45, 2.75) is 6.42 Å². The van der Waals surface area contributed by atoms with E-state index in [9.17, 15) is 9.59 Å². The molecular formula is C8H15N3O3. The molecule has 1 aliphatic rings. The number of nitrogens with zero attached hydrogens (tertiary/aromatic N) is 1. The molecule has 1 saturated heterocycles. The van der Waals surface area contributed by atoms with Crippen molar-refractivity contribution in [3.63, 3.8) is 0 Å². The van der Waals surface area contributed by atoms with Crippen LogP contribution in [0.25, 0.3) is 0 Å². The van der Waals surface area contributed by atoms with Crippen LogP contribution in [0.3, 0.4) is 0 Å². The van der Waals surface area contributed by atoms with Gasteiger partial charge in [-0.15, -0.1) is 0 Å². The molecule has 0 unspecified atom stereocenters. The monoisotopic (exact) mass is 201 g/mol. The lowest BCUT2D eigenvalue weighted by molar-refractivity contribution is -0.131. The van der Waals surface area contributed by atoms with E-state index >= 15 is 0 Å². The molecule has 1 rings (SSSR count). The van der Waals surface area contributed by atoms with Crippen LogP contribution in [0.15, 0.2) is 0 Å². The van der Waals surface area contributed by atoms with Crippen LogP contribution in [0.1, 0.15) is 6.42 Å². The van der Waals surface area contributed by atoms with Crippen LogP contribution >= 0.6 is 0 Å². The third-order valence-electron chi connectivity index (χ3n) is 2.08. The van der Waals surface area contributed by atoms with Crippen molar-refractivity contribution >= 4 is 12.0 Å². The van der Waals surface area contributed by atoms with Gasteiger partial charge in [-0.1, -0.05) is 0 Å². The molecular weight excluding hydrogens is 186 g/mol. The van der Waals surface area contributed by atoms with Crippen LogP contribution < -0.4 is 10.6 Å². The summed E-state index contributed by atoms with van der Waals surface area (Å²) in [6, 6.07) is 0. The quantitative estimate of drug-likeness (QED) is 0.551. The number of carboxylic acid groups (broad SMARTS) is 1. The maximum absolute atomic E-state index is 11.4. The van der Waals surface area contributed by atoms with Gasteiger partial charge in [0.2, 0.25) is 5.91 Å². The minimum atomic E-state index is -1.09. The lowest BCUT2D eigenvalue weighted by Crippen LogP contribution is -2.47. The van der Waals surface area contributed by atoms with E-state index < -0.39 is 6.09 Å². The normalized spacial score (nSPS) is 16.4. The number of carbonyl (C=O) groups is 2. The predicted molar refractivity (Wildman–Crippen MR) is 50.1 cm³/mol. The van der Waals surface area contributed by atoms with Gasteiger partial charge in [-0.2, -0.15) is 0 Å². The molecule has 0 spiro atoms. The first-order valence-electron chi connectivity index (χ1n) is 4.65. The van der Waals surface area contributed by atoms with Gasteiger partial charge in [-0.25, -0.2) is 4.79 Å². The summed E-state index contributed by atoms with van der Waals surface area (Å²) in [4.78, 5) is 23.3. The minimum Gasteiger partial charge on any atom is -0.465 e. The third kappa shape index (κ3) is 3.61. The second-order valence-electron chi connectivity index (χ2n) is 3.11. The lowest BCUT2D eigenvalue weighted by atomic mass is 10.3. The Morgan fingerprint density at radius 2 is 2.00 bits per heavy atom. The van der Waals surface area contributed by atoms with Gasteiger partial charge < -0.3 is 20.6 Å². The van der Waals surface area contributed by atoms with Crippen LogP contribution in [0.2, 0.25) is 0 Å². The molecule has 1 fully saturated rings. The van der Waals surface area contributed by atoms with Crippen LogP contribution in [0.5, 0.6) is 0 Å². The number of carbonyl (C=O) groups excluding carboxylic acids is 1. The van der Waals surface area contributed by atoms with Crippen LogP contribution in [0.4, 0.5) is 4.79 Å². The van der Waals surface area contributed by atoms with Crippen molar-refractivity contribution < 1.29 is 14.7 Å². The molecule has 2 amide bonds. The largest absolute Gasteiger partial charge is 0.465 e. The first-order chi connectivity index (χ1) is 6.70. The van der Waals surface area contributed by atoms with Crippen molar-refractivity contribution in [1.29, 1.82) is 0 Å². The molecule has 1 heterocycles. The highest BCUT2D eigenvalue weighted by molar-refractivity contribution is 5.77. The van der Waals surface area contributed by atoms with E-state index in [2.05, 4.69) is 10.6 Å². The van der Waals surface area contributed by atoms with Gasteiger partial charge in [0.1, 0.15) is 0 Å². The highest BCUT2D eigenvalue weighted by atomic mass is 16.4. The second kappa shape index (κ2) is 5.43. The summed E-state index contributed by atoms with van der Waals surface area (Å²) >= 11 is 0. The van der Waals surface area contributed by atoms with E-state index in [0.29, 0.717) is 13.1 Å². The molecule has 0 aromatic heterocycles. The van der Waals surface area contributed by atoms with Crippen LogP contribution in [0, 0.1) is 0 Å². The third-order valence-corrected chi connectivity index (χ3v) is 2.08. The van der Waals surface area contributed by atoms with E-state index in [1.807, 2.05) is 0 Å². The Hall–Kier alpha value is -1.30. The molecule has 0 bridgehead atoms. The highest BCUT2D eigenvalue weighted by Gasteiger charge is 2.15. The Labute approximate surface area is 82.3 Å². The molecule has 1 aliphatic heterocycles. The van der Waals surface area contributed by atoms with Crippen LogP contribution in [-0.4, -0.2) is 54.7 Å². The summed E-state index contributed by atoms with van der Waals surface area (Å²) in [6.45, 7) is 3.26. The Bertz CT molecular complexity index is 214. The van der Waals surface area contributed by atoms with E-state index in [4.69, 9.17) is 5.11 Å². The van der Waals surface area contributed by atoms with Crippen molar-refractivity contribution in [1.82, 2.24) is 15.5 Å². The van der Waals surface area contributed by atoms with Gasteiger partial charge in [0.25, 0.3) is 0 Å². The summed E-state index contributed by atoms with van der Waals surface area (Å²) < 4.78 is 0. The number of hydrogen-bond acceptors (Lipinski definition) is 3. The summed E-state index contributed by atoms with van der Waals surface area (Å²) in [5, 5.41) is 13.6. The second-order valence-corrected chi connectivity index (χ2v) is 3.11. The smallest absolute Gasteiger partial charge is 0.404 e. The molecule has 0 radical (unpaired) electrons. The van der Waals surface area contributed by atoms with Gasteiger partial charge in [-0.3, -0.25) is 4.79 Å². The zero-order chi connectivity index (χ0) is 10.4. The molecule has 6 nitrogen and oxygen atoms in total. The minimum absolute atomic E-state index is 0.0141. The fourth-order valence-electron chi connectivity index (χ4n) is 1.35. The fraction of sp³-hybridized carbons (Fsp3) is 0.750. The standard InChI is InChI=1S/C8H15N3O3/c12-7(1-2-10-8(13)14)11-5-3-9-4-6-11/h9-10H,1-6H2,(H,13,14). The number of piperazine rings is 1. The summed E-state index contributed by atoms with van der Waals surface area (Å²) in [5.41, 5.74) is 0. The van der Waals surface area contributed by atoms with Gasteiger partial charge >= 0.3 is 6.09 Å². The first kappa shape index (κ1) is 10.8. The number of rotatable bonds is 3. The van der Waals surface area contributed by atoms with Crippen molar-refractivity contribution in [2.24, 2.45) is 0 Å². The first-order valence-corrected chi connectivity index (χ1v) is 4.65. The summed E-state index contributed by atoms with van der Waals surface area (Å²) in [5.74, 6) is 0.0141. The Morgan fingerprint density at radius 1 is 1.36 bits per heavy atom. The van der Waals surface area contributed by atoms with Crippen molar-refractivity contribution in [2.75, 3.05) is 32.7 Å². The maximum Gasteiger partial charge on any atom is 0.404 e. The van der Waals surface area contributed by atoms with E-state index in [1.54, 1.807) is 4.90 Å². The molecule has 80 valence electrons. The molecule has 3 N–H and O–H groups in total.